The molecule has 1 nitrogen and oxygen atoms in total. The van der Waals surface area contributed by atoms with E-state index < -0.39 is 12.3 Å². The van der Waals surface area contributed by atoms with Gasteiger partial charge in [0.05, 0.1) is 0 Å². The van der Waals surface area contributed by atoms with Gasteiger partial charge in [0, 0.05) is 0 Å². The van der Waals surface area contributed by atoms with Crippen molar-refractivity contribution in [1.29, 1.82) is 0 Å². The predicted molar refractivity (Wildman–Crippen MR) is 60.7 cm³/mol. The third-order valence-corrected chi connectivity index (χ3v) is 9.63. The predicted octanol–water partition coefficient (Wildman–Crippen LogP) is 3.52. The minimum absolute atomic E-state index is 0.466. The summed E-state index contributed by atoms with van der Waals surface area (Å²) in [4.78, 5) is 0. The summed E-state index contributed by atoms with van der Waals surface area (Å²) in [5.74, 6) is 3.09. The quantitative estimate of drug-likeness (QED) is 0.617. The van der Waals surface area contributed by atoms with E-state index in [1.165, 1.54) is 24.6 Å². The number of halogens is 1. The number of hydrogen-bond acceptors (Lipinski definition) is 1. The molecule has 1 heterocycles. The third-order valence-electron chi connectivity index (χ3n) is 5.19. The molecular formula is C11H19ClOSe. The molecule has 0 radical (unpaired) electrons. The molecule has 1 aliphatic heterocycles. The second-order valence-electron chi connectivity index (χ2n) is 5.98. The molecule has 2 aliphatic carbocycles. The number of rotatable bonds is 0. The van der Waals surface area contributed by atoms with Crippen LogP contribution in [0.15, 0.2) is 0 Å². The molecule has 2 saturated carbocycles. The molecule has 1 spiro atoms. The van der Waals surface area contributed by atoms with Gasteiger partial charge in [-0.05, 0) is 0 Å². The standard InChI is InChI=1S/C11H19ClOSe/c1-10(2)8-4-5-11(10)7-14(3,12)13-9(11)6-8/h8-9H,4-7H2,1-3H3. The Labute approximate surface area is 93.3 Å². The molecular weight excluding hydrogens is 263 g/mol. The van der Waals surface area contributed by atoms with Crippen LogP contribution in [0.2, 0.25) is 11.1 Å². The van der Waals surface area contributed by atoms with Crippen LogP contribution >= 0.6 is 10.1 Å². The van der Waals surface area contributed by atoms with Crippen LogP contribution in [0.25, 0.3) is 0 Å². The van der Waals surface area contributed by atoms with Crippen molar-refractivity contribution in [1.82, 2.24) is 0 Å². The van der Waals surface area contributed by atoms with Gasteiger partial charge < -0.3 is 0 Å². The Morgan fingerprint density at radius 2 is 2.14 bits per heavy atom. The first-order chi connectivity index (χ1) is 6.37. The van der Waals surface area contributed by atoms with Gasteiger partial charge in [0.15, 0.2) is 0 Å². The summed E-state index contributed by atoms with van der Waals surface area (Å²) in [6.45, 7) is 4.90. The van der Waals surface area contributed by atoms with E-state index in [1.54, 1.807) is 0 Å². The van der Waals surface area contributed by atoms with Crippen LogP contribution < -0.4 is 0 Å². The van der Waals surface area contributed by atoms with E-state index in [4.69, 9.17) is 13.9 Å². The zero-order valence-electron chi connectivity index (χ0n) is 9.18. The molecule has 2 bridgehead atoms. The van der Waals surface area contributed by atoms with E-state index in [1.807, 2.05) is 0 Å². The van der Waals surface area contributed by atoms with Crippen molar-refractivity contribution < 1.29 is 3.82 Å². The summed E-state index contributed by atoms with van der Waals surface area (Å²) in [6.07, 6.45) is 4.58. The molecule has 0 aromatic rings. The van der Waals surface area contributed by atoms with Crippen molar-refractivity contribution in [2.75, 3.05) is 0 Å². The zero-order valence-corrected chi connectivity index (χ0v) is 11.6. The van der Waals surface area contributed by atoms with Gasteiger partial charge in [-0.15, -0.1) is 0 Å². The zero-order chi connectivity index (χ0) is 10.2. The van der Waals surface area contributed by atoms with Gasteiger partial charge in [-0.25, -0.2) is 0 Å². The summed E-state index contributed by atoms with van der Waals surface area (Å²) in [5, 5.41) is 1.21. The maximum absolute atomic E-state index is 6.52. The summed E-state index contributed by atoms with van der Waals surface area (Å²) in [7, 11) is 6.52. The van der Waals surface area contributed by atoms with E-state index in [-0.39, 0.29) is 0 Å². The van der Waals surface area contributed by atoms with Crippen LogP contribution in [-0.4, -0.2) is 18.4 Å². The molecule has 82 valence electrons. The van der Waals surface area contributed by atoms with E-state index in [2.05, 4.69) is 19.7 Å². The van der Waals surface area contributed by atoms with Gasteiger partial charge in [-0.2, -0.15) is 0 Å². The van der Waals surface area contributed by atoms with Crippen LogP contribution in [0.4, 0.5) is 0 Å². The van der Waals surface area contributed by atoms with Gasteiger partial charge in [-0.3, -0.25) is 0 Å². The number of hydrogen-bond donors (Lipinski definition) is 0. The van der Waals surface area contributed by atoms with E-state index in [9.17, 15) is 0 Å². The van der Waals surface area contributed by atoms with Crippen LogP contribution in [0, 0.1) is 16.7 Å². The fourth-order valence-electron chi connectivity index (χ4n) is 4.21. The van der Waals surface area contributed by atoms with E-state index >= 15 is 0 Å². The van der Waals surface area contributed by atoms with Crippen molar-refractivity contribution in [3.63, 3.8) is 0 Å². The fraction of sp³-hybridized carbons (Fsp3) is 1.00. The molecule has 4 atom stereocenters. The molecule has 3 heteroatoms. The topological polar surface area (TPSA) is 9.23 Å². The normalized spacial score (nSPS) is 63.7. The van der Waals surface area contributed by atoms with Crippen molar-refractivity contribution in [3.05, 3.63) is 0 Å². The molecule has 0 N–H and O–H groups in total. The summed E-state index contributed by atoms with van der Waals surface area (Å²) in [5.41, 5.74) is 0.954. The van der Waals surface area contributed by atoms with Gasteiger partial charge in [0.2, 0.25) is 0 Å². The number of fused-ring (bicyclic) bond motifs is 1. The van der Waals surface area contributed by atoms with Crippen molar-refractivity contribution in [2.24, 2.45) is 16.7 Å². The fourth-order valence-corrected chi connectivity index (χ4v) is 10.8. The SMILES string of the molecule is CC1(C)C2CCC13C[Se](C)(Cl)OC3C2. The summed E-state index contributed by atoms with van der Waals surface area (Å²) >= 11 is -2.00. The molecule has 0 amide bonds. The molecule has 0 aromatic carbocycles. The molecule has 3 fully saturated rings. The van der Waals surface area contributed by atoms with E-state index in [0.717, 1.165) is 5.92 Å². The first-order valence-electron chi connectivity index (χ1n) is 5.51. The molecule has 4 unspecified atom stereocenters. The average molecular weight is 282 g/mol. The molecule has 14 heavy (non-hydrogen) atoms. The first kappa shape index (κ1) is 9.96. The Hall–Kier alpha value is 0.769. The van der Waals surface area contributed by atoms with E-state index in [0.29, 0.717) is 16.9 Å². The first-order valence-corrected chi connectivity index (χ1v) is 11.4. The minimum atomic E-state index is -2.00. The Bertz CT molecular complexity index is 289. The monoisotopic (exact) mass is 282 g/mol. The Morgan fingerprint density at radius 1 is 1.43 bits per heavy atom. The second-order valence-corrected chi connectivity index (χ2v) is 14.2. The van der Waals surface area contributed by atoms with Gasteiger partial charge in [-0.1, -0.05) is 0 Å². The van der Waals surface area contributed by atoms with Crippen LogP contribution in [0.5, 0.6) is 0 Å². The maximum atomic E-state index is 6.52. The average Bonchev–Trinajstić information content (AvgIpc) is 2.50. The molecule has 3 rings (SSSR count). The van der Waals surface area contributed by atoms with Crippen LogP contribution in [-0.2, 0) is 3.82 Å². The van der Waals surface area contributed by atoms with Gasteiger partial charge >= 0.3 is 93.3 Å². The van der Waals surface area contributed by atoms with Crippen molar-refractivity contribution in [3.8, 4) is 0 Å². The third kappa shape index (κ3) is 0.967. The molecule has 0 aromatic heterocycles. The molecule has 3 aliphatic rings. The van der Waals surface area contributed by atoms with Crippen LogP contribution in [0.3, 0.4) is 0 Å². The van der Waals surface area contributed by atoms with Crippen molar-refractivity contribution in [2.45, 2.75) is 50.4 Å². The Kier molecular flexibility index (Phi) is 1.80. The molecule has 1 saturated heterocycles. The van der Waals surface area contributed by atoms with Gasteiger partial charge in [0.1, 0.15) is 0 Å². The summed E-state index contributed by atoms with van der Waals surface area (Å²) < 4.78 is 6.15. The Balaban J connectivity index is 2.04. The van der Waals surface area contributed by atoms with Gasteiger partial charge in [0.25, 0.3) is 0 Å². The van der Waals surface area contributed by atoms with Crippen molar-refractivity contribution >= 4 is 22.4 Å². The second kappa shape index (κ2) is 2.53. The summed E-state index contributed by atoms with van der Waals surface area (Å²) in [6, 6.07) is 0. The Morgan fingerprint density at radius 3 is 2.71 bits per heavy atom. The van der Waals surface area contributed by atoms with Crippen LogP contribution in [0.1, 0.15) is 33.1 Å².